The van der Waals surface area contributed by atoms with Crippen molar-refractivity contribution in [2.45, 2.75) is 39.3 Å². The molecule has 2 aromatic rings. The Balaban J connectivity index is 1.45. The molecule has 7 heteroatoms. The number of carbonyl (C=O) groups excluding carboxylic acids is 3. The second-order valence-corrected chi connectivity index (χ2v) is 8.31. The molecule has 4 rings (SSSR count). The summed E-state index contributed by atoms with van der Waals surface area (Å²) >= 11 is 0. The van der Waals surface area contributed by atoms with Crippen molar-refractivity contribution in [1.29, 1.82) is 0 Å². The molecule has 1 aromatic heterocycles. The molecule has 2 aliphatic heterocycles. The lowest BCUT2D eigenvalue weighted by Gasteiger charge is -2.40. The molecule has 2 N–H and O–H groups in total. The summed E-state index contributed by atoms with van der Waals surface area (Å²) in [6.07, 6.45) is 0.958. The smallest absolute Gasteiger partial charge is 0.268 e. The third-order valence-electron chi connectivity index (χ3n) is 6.36. The number of hydrogen-bond acceptors (Lipinski definition) is 4. The molecule has 7 nitrogen and oxygen atoms in total. The lowest BCUT2D eigenvalue weighted by Crippen LogP contribution is -2.57. The van der Waals surface area contributed by atoms with Gasteiger partial charge in [-0.1, -0.05) is 18.2 Å². The van der Waals surface area contributed by atoms with E-state index in [-0.39, 0.29) is 29.7 Å². The second kappa shape index (κ2) is 8.07. The second-order valence-electron chi connectivity index (χ2n) is 8.31. The maximum absolute atomic E-state index is 13.0. The summed E-state index contributed by atoms with van der Waals surface area (Å²) < 4.78 is 0. The number of benzene rings is 1. The van der Waals surface area contributed by atoms with Crippen molar-refractivity contribution in [3.63, 3.8) is 0 Å². The Bertz CT molecular complexity index is 982. The first-order valence-corrected chi connectivity index (χ1v) is 10.4. The molecule has 2 fully saturated rings. The van der Waals surface area contributed by atoms with E-state index in [4.69, 9.17) is 0 Å². The number of nitrogens with one attached hydrogen (secondary N) is 2. The molecule has 2 aliphatic rings. The van der Waals surface area contributed by atoms with Crippen molar-refractivity contribution in [3.05, 3.63) is 58.4 Å². The largest absolute Gasteiger partial charge is 0.354 e. The van der Waals surface area contributed by atoms with Crippen LogP contribution in [0.1, 0.15) is 55.8 Å². The molecular formula is C23H28N4O3. The lowest BCUT2D eigenvalue weighted by molar-refractivity contribution is 0.0493. The minimum atomic E-state index is -0.217. The first-order valence-electron chi connectivity index (χ1n) is 10.4. The lowest BCUT2D eigenvalue weighted by atomic mass is 10.1. The first-order chi connectivity index (χ1) is 14.4. The van der Waals surface area contributed by atoms with E-state index in [0.717, 1.165) is 19.5 Å². The van der Waals surface area contributed by atoms with Crippen molar-refractivity contribution in [2.24, 2.45) is 0 Å². The zero-order chi connectivity index (χ0) is 21.4. The monoisotopic (exact) mass is 408 g/mol. The topological polar surface area (TPSA) is 85.5 Å². The zero-order valence-electron chi connectivity index (χ0n) is 17.7. The van der Waals surface area contributed by atoms with E-state index in [1.807, 2.05) is 35.2 Å². The van der Waals surface area contributed by atoms with Crippen LogP contribution in [0.5, 0.6) is 0 Å². The minimum absolute atomic E-state index is 0.0502. The normalized spacial score (nSPS) is 22.8. The number of Topliss-reactive ketones (excluding diaryl/α,β-unsaturated/α-hetero) is 1. The number of ketones is 1. The Hall–Kier alpha value is -2.93. The van der Waals surface area contributed by atoms with Gasteiger partial charge in [-0.3, -0.25) is 19.3 Å². The Labute approximate surface area is 176 Å². The van der Waals surface area contributed by atoms with E-state index in [1.54, 1.807) is 13.8 Å². The highest BCUT2D eigenvalue weighted by Gasteiger charge is 2.41. The number of amides is 2. The van der Waals surface area contributed by atoms with Crippen LogP contribution in [0.25, 0.3) is 0 Å². The summed E-state index contributed by atoms with van der Waals surface area (Å²) in [5.74, 6) is -0.212. The highest BCUT2D eigenvalue weighted by Crippen LogP contribution is 2.26. The maximum atomic E-state index is 13.0. The Morgan fingerprint density at radius 3 is 2.53 bits per heavy atom. The molecule has 0 spiro atoms. The average Bonchev–Trinajstić information content (AvgIpc) is 3.28. The number of aromatic amines is 1. The van der Waals surface area contributed by atoms with Crippen LogP contribution >= 0.6 is 0 Å². The van der Waals surface area contributed by atoms with E-state index in [9.17, 15) is 14.4 Å². The fraction of sp³-hybridized carbons (Fsp3) is 0.435. The van der Waals surface area contributed by atoms with Crippen LogP contribution in [0.15, 0.2) is 30.3 Å². The highest BCUT2D eigenvalue weighted by molar-refractivity contribution is 6.02. The van der Waals surface area contributed by atoms with E-state index in [2.05, 4.69) is 15.2 Å². The number of fused-ring (bicyclic) bond motifs is 2. The summed E-state index contributed by atoms with van der Waals surface area (Å²) in [4.78, 5) is 45.0. The number of aryl methyl sites for hydroxylation is 1. The Morgan fingerprint density at radius 2 is 1.87 bits per heavy atom. The third kappa shape index (κ3) is 3.65. The van der Waals surface area contributed by atoms with Gasteiger partial charge in [-0.25, -0.2) is 0 Å². The number of hydrogen-bond donors (Lipinski definition) is 2. The average molecular weight is 409 g/mol. The van der Waals surface area contributed by atoms with Crippen LogP contribution < -0.4 is 5.32 Å². The number of nitrogens with zero attached hydrogens (tertiary/aromatic N) is 2. The summed E-state index contributed by atoms with van der Waals surface area (Å²) in [6.45, 7) is 7.93. The predicted octanol–water partition coefficient (Wildman–Crippen LogP) is 2.16. The van der Waals surface area contributed by atoms with Crippen molar-refractivity contribution < 1.29 is 14.4 Å². The van der Waals surface area contributed by atoms with Crippen molar-refractivity contribution in [1.82, 2.24) is 20.1 Å². The summed E-state index contributed by atoms with van der Waals surface area (Å²) in [5, 5.41) is 3.01. The number of H-pyrrole nitrogens is 1. The molecule has 0 aliphatic carbocycles. The van der Waals surface area contributed by atoms with Crippen molar-refractivity contribution in [3.8, 4) is 0 Å². The standard InChI is InChI=1S/C23H28N4O3/c1-14-20(16(3)28)15(2)25-21(14)22(29)24-11-19-13-27(18-9-10-26(19)12-18)23(30)17-7-5-4-6-8-17/h4-8,18-19,25H,9-13H2,1-3H3,(H,24,29). The Morgan fingerprint density at radius 1 is 1.13 bits per heavy atom. The number of aromatic nitrogens is 1. The molecule has 3 atom stereocenters. The van der Waals surface area contributed by atoms with Gasteiger partial charge in [0.05, 0.1) is 0 Å². The summed E-state index contributed by atoms with van der Waals surface area (Å²) in [7, 11) is 0. The SMILES string of the molecule is CC(=O)c1c(C)[nH]c(C(=O)NCC2CN(C(=O)c3ccccc3)C3CCN2C3)c1C. The van der Waals surface area contributed by atoms with Crippen LogP contribution in [-0.2, 0) is 0 Å². The van der Waals surface area contributed by atoms with Crippen molar-refractivity contribution in [2.75, 3.05) is 26.2 Å². The molecule has 3 heterocycles. The number of piperazine rings is 1. The molecule has 2 bridgehead atoms. The van der Waals surface area contributed by atoms with Crippen LogP contribution in [0, 0.1) is 13.8 Å². The van der Waals surface area contributed by atoms with E-state index >= 15 is 0 Å². The maximum Gasteiger partial charge on any atom is 0.268 e. The highest BCUT2D eigenvalue weighted by atomic mass is 16.2. The molecule has 30 heavy (non-hydrogen) atoms. The summed E-state index contributed by atoms with van der Waals surface area (Å²) in [6, 6.07) is 9.68. The number of rotatable bonds is 5. The first kappa shape index (κ1) is 20.3. The van der Waals surface area contributed by atoms with Gasteiger partial charge in [0.15, 0.2) is 5.78 Å². The van der Waals surface area contributed by atoms with Gasteiger partial charge in [0.25, 0.3) is 11.8 Å². The van der Waals surface area contributed by atoms with Crippen LogP contribution in [0.2, 0.25) is 0 Å². The van der Waals surface area contributed by atoms with Gasteiger partial charge in [-0.05, 0) is 44.9 Å². The van der Waals surface area contributed by atoms with Gasteiger partial charge in [0, 0.05) is 55.1 Å². The van der Waals surface area contributed by atoms with Gasteiger partial charge in [-0.15, -0.1) is 0 Å². The van der Waals surface area contributed by atoms with Gasteiger partial charge >= 0.3 is 0 Å². The van der Waals surface area contributed by atoms with Gasteiger partial charge in [0.2, 0.25) is 0 Å². The summed E-state index contributed by atoms with van der Waals surface area (Å²) in [5.41, 5.74) is 3.12. The van der Waals surface area contributed by atoms with E-state index < -0.39 is 0 Å². The molecule has 0 saturated carbocycles. The molecular weight excluding hydrogens is 380 g/mol. The van der Waals surface area contributed by atoms with E-state index in [1.165, 1.54) is 6.92 Å². The van der Waals surface area contributed by atoms with E-state index in [0.29, 0.717) is 41.2 Å². The predicted molar refractivity (Wildman–Crippen MR) is 114 cm³/mol. The minimum Gasteiger partial charge on any atom is -0.354 e. The fourth-order valence-electron chi connectivity index (χ4n) is 4.84. The molecule has 1 aromatic carbocycles. The molecule has 0 radical (unpaired) electrons. The molecule has 3 unspecified atom stereocenters. The van der Waals surface area contributed by atoms with Gasteiger partial charge < -0.3 is 15.2 Å². The van der Waals surface area contributed by atoms with Gasteiger partial charge in [-0.2, -0.15) is 0 Å². The fourth-order valence-corrected chi connectivity index (χ4v) is 4.84. The Kier molecular flexibility index (Phi) is 5.47. The molecule has 2 amide bonds. The zero-order valence-corrected chi connectivity index (χ0v) is 17.7. The van der Waals surface area contributed by atoms with Gasteiger partial charge in [0.1, 0.15) is 5.69 Å². The van der Waals surface area contributed by atoms with Crippen molar-refractivity contribution >= 4 is 17.6 Å². The van der Waals surface area contributed by atoms with Crippen LogP contribution in [-0.4, -0.2) is 70.6 Å². The third-order valence-corrected chi connectivity index (χ3v) is 6.36. The number of carbonyl (C=O) groups is 3. The van der Waals surface area contributed by atoms with Crippen LogP contribution in [0.4, 0.5) is 0 Å². The molecule has 2 saturated heterocycles. The quantitative estimate of drug-likeness (QED) is 0.743. The molecule has 158 valence electrons. The van der Waals surface area contributed by atoms with Crippen LogP contribution in [0.3, 0.4) is 0 Å².